The molecule has 0 heterocycles. The molecule has 24 heavy (non-hydrogen) atoms. The zero-order valence-corrected chi connectivity index (χ0v) is 16.1. The summed E-state index contributed by atoms with van der Waals surface area (Å²) in [6.07, 6.45) is 1.27. The molecular formula is C22H29NS. The molecule has 0 saturated carbocycles. The third kappa shape index (κ3) is 5.54. The van der Waals surface area contributed by atoms with E-state index in [0.717, 1.165) is 12.5 Å². The van der Waals surface area contributed by atoms with Gasteiger partial charge in [0.05, 0.1) is 0 Å². The molecule has 1 nitrogen and oxygen atoms in total. The number of hydrogen-bond donors (Lipinski definition) is 1. The topological polar surface area (TPSA) is 12.0 Å². The van der Waals surface area contributed by atoms with Gasteiger partial charge in [-0.3, -0.25) is 0 Å². The first-order chi connectivity index (χ1) is 11.6. The number of hydrogen-bond acceptors (Lipinski definition) is 2. The Labute approximate surface area is 151 Å². The van der Waals surface area contributed by atoms with Gasteiger partial charge in [0.15, 0.2) is 0 Å². The van der Waals surface area contributed by atoms with E-state index >= 15 is 0 Å². The van der Waals surface area contributed by atoms with Crippen LogP contribution in [0, 0.1) is 5.92 Å². The molecule has 0 radical (unpaired) electrons. The first-order valence-electron chi connectivity index (χ1n) is 8.74. The molecule has 0 saturated heterocycles. The van der Waals surface area contributed by atoms with Gasteiger partial charge in [-0.25, -0.2) is 0 Å². The highest BCUT2D eigenvalue weighted by molar-refractivity contribution is 7.99. The molecule has 2 heteroatoms. The van der Waals surface area contributed by atoms with Gasteiger partial charge in [0.1, 0.15) is 0 Å². The summed E-state index contributed by atoms with van der Waals surface area (Å²) >= 11 is 1.96. The van der Waals surface area contributed by atoms with Crippen LogP contribution in [0.15, 0.2) is 65.1 Å². The summed E-state index contributed by atoms with van der Waals surface area (Å²) in [6, 6.07) is 19.7. The Bertz CT molecular complexity index is 641. The fourth-order valence-corrected chi connectivity index (χ4v) is 3.90. The van der Waals surface area contributed by atoms with Crippen molar-refractivity contribution in [1.82, 2.24) is 5.32 Å². The third-order valence-electron chi connectivity index (χ3n) is 4.04. The van der Waals surface area contributed by atoms with Crippen LogP contribution in [0.2, 0.25) is 0 Å². The molecule has 0 aliphatic carbocycles. The normalized spacial score (nSPS) is 12.4. The molecule has 0 spiro atoms. The average molecular weight is 340 g/mol. The van der Waals surface area contributed by atoms with Gasteiger partial charge in [0, 0.05) is 11.4 Å². The number of nitrogens with one attached hydrogen (secondary N) is 1. The smallest absolute Gasteiger partial charge is 0.0168 e. The van der Waals surface area contributed by atoms with E-state index in [2.05, 4.69) is 80.7 Å². The Hall–Kier alpha value is -1.51. The van der Waals surface area contributed by atoms with Crippen LogP contribution in [0.3, 0.4) is 0 Å². The van der Waals surface area contributed by atoms with E-state index in [1.807, 2.05) is 18.8 Å². The summed E-state index contributed by atoms with van der Waals surface area (Å²) in [6.45, 7) is 7.68. The minimum absolute atomic E-state index is 0.772. The van der Waals surface area contributed by atoms with Crippen LogP contribution >= 0.6 is 11.8 Å². The maximum Gasteiger partial charge on any atom is 0.0168 e. The van der Waals surface area contributed by atoms with Crippen LogP contribution in [0.1, 0.15) is 38.3 Å². The maximum absolute atomic E-state index is 3.28. The monoisotopic (exact) mass is 339 g/mol. The molecular weight excluding hydrogens is 310 g/mol. The van der Waals surface area contributed by atoms with E-state index in [9.17, 15) is 0 Å². The van der Waals surface area contributed by atoms with Crippen molar-refractivity contribution in [2.24, 2.45) is 5.92 Å². The second kappa shape index (κ2) is 9.71. The van der Waals surface area contributed by atoms with E-state index in [1.165, 1.54) is 39.3 Å². The summed E-state index contributed by atoms with van der Waals surface area (Å²) in [5.41, 5.74) is 5.28. The Morgan fingerprint density at radius 1 is 0.958 bits per heavy atom. The van der Waals surface area contributed by atoms with E-state index in [4.69, 9.17) is 0 Å². The lowest BCUT2D eigenvalue weighted by Crippen LogP contribution is -2.10. The molecule has 128 valence electrons. The maximum atomic E-state index is 3.28. The Balaban J connectivity index is 2.23. The largest absolute Gasteiger partial charge is 0.316 e. The van der Waals surface area contributed by atoms with Gasteiger partial charge in [-0.05, 0) is 60.9 Å². The van der Waals surface area contributed by atoms with Crippen LogP contribution in [-0.4, -0.2) is 19.3 Å². The van der Waals surface area contributed by atoms with Crippen molar-refractivity contribution in [2.75, 3.05) is 19.3 Å². The minimum Gasteiger partial charge on any atom is -0.316 e. The quantitative estimate of drug-likeness (QED) is 0.604. The van der Waals surface area contributed by atoms with Crippen LogP contribution in [-0.2, 0) is 0 Å². The molecule has 0 fully saturated rings. The molecule has 1 N–H and O–H groups in total. The van der Waals surface area contributed by atoms with Crippen molar-refractivity contribution < 1.29 is 0 Å². The second-order valence-corrected chi connectivity index (χ2v) is 7.78. The summed E-state index contributed by atoms with van der Waals surface area (Å²) in [7, 11) is 2.00. The second-order valence-electron chi connectivity index (χ2n) is 6.61. The van der Waals surface area contributed by atoms with Crippen molar-refractivity contribution in [3.05, 3.63) is 71.3 Å². The van der Waals surface area contributed by atoms with Gasteiger partial charge in [-0.2, -0.15) is 0 Å². The number of rotatable bonds is 8. The number of thioether (sulfide) groups is 1. The van der Waals surface area contributed by atoms with Crippen molar-refractivity contribution in [1.29, 1.82) is 0 Å². The van der Waals surface area contributed by atoms with E-state index < -0.39 is 0 Å². The average Bonchev–Trinajstić information content (AvgIpc) is 2.57. The molecule has 0 bridgehead atoms. The van der Waals surface area contributed by atoms with Gasteiger partial charge < -0.3 is 5.32 Å². The molecule has 0 amide bonds. The van der Waals surface area contributed by atoms with E-state index in [-0.39, 0.29) is 0 Å². The van der Waals surface area contributed by atoms with Crippen molar-refractivity contribution >= 4 is 17.3 Å². The van der Waals surface area contributed by atoms with Gasteiger partial charge in [-0.15, -0.1) is 11.8 Å². The summed E-state index contributed by atoms with van der Waals surface area (Å²) in [5.74, 6) is 1.96. The first-order valence-corrected chi connectivity index (χ1v) is 9.73. The highest BCUT2D eigenvalue weighted by atomic mass is 32.2. The minimum atomic E-state index is 0.772. The summed E-state index contributed by atoms with van der Waals surface area (Å²) < 4.78 is 0. The lowest BCUT2D eigenvalue weighted by Gasteiger charge is -2.14. The summed E-state index contributed by atoms with van der Waals surface area (Å²) in [5, 5.41) is 3.28. The van der Waals surface area contributed by atoms with Gasteiger partial charge in [-0.1, -0.05) is 61.9 Å². The van der Waals surface area contributed by atoms with Crippen molar-refractivity contribution in [3.8, 4) is 0 Å². The first kappa shape index (κ1) is 18.8. The standard InChI is InChI=1S/C22H29NS/c1-17(2)14-15-24-21-12-10-20(11-13-21)22(18(3)16-23-4)19-8-6-5-7-9-19/h5-13,17,23H,14-16H2,1-4H3. The van der Waals surface area contributed by atoms with Crippen molar-refractivity contribution in [3.63, 3.8) is 0 Å². The SMILES string of the molecule is CNCC(C)=C(c1ccccc1)c1ccc(SCCC(C)C)cc1. The zero-order valence-electron chi connectivity index (χ0n) is 15.3. The lowest BCUT2D eigenvalue weighted by molar-refractivity contribution is 0.632. The fraction of sp³-hybridized carbons (Fsp3) is 0.364. The van der Waals surface area contributed by atoms with Crippen LogP contribution < -0.4 is 5.32 Å². The molecule has 0 unspecified atom stereocenters. The predicted molar refractivity (Wildman–Crippen MR) is 109 cm³/mol. The molecule has 0 aromatic heterocycles. The Morgan fingerprint density at radius 2 is 1.58 bits per heavy atom. The molecule has 2 aromatic rings. The molecule has 0 aliphatic rings. The van der Waals surface area contributed by atoms with E-state index in [1.54, 1.807) is 0 Å². The van der Waals surface area contributed by atoms with Crippen LogP contribution in [0.4, 0.5) is 0 Å². The molecule has 2 rings (SSSR count). The highest BCUT2D eigenvalue weighted by Crippen LogP contribution is 2.29. The van der Waals surface area contributed by atoms with Crippen LogP contribution in [0.25, 0.3) is 5.57 Å². The van der Waals surface area contributed by atoms with Gasteiger partial charge in [0.25, 0.3) is 0 Å². The van der Waals surface area contributed by atoms with Gasteiger partial charge >= 0.3 is 0 Å². The van der Waals surface area contributed by atoms with Crippen molar-refractivity contribution in [2.45, 2.75) is 32.1 Å². The molecule has 2 aromatic carbocycles. The molecule has 0 atom stereocenters. The Morgan fingerprint density at radius 3 is 2.17 bits per heavy atom. The number of benzene rings is 2. The third-order valence-corrected chi connectivity index (χ3v) is 5.08. The van der Waals surface area contributed by atoms with Gasteiger partial charge in [0.2, 0.25) is 0 Å². The molecule has 0 aliphatic heterocycles. The number of likely N-dealkylation sites (N-methyl/N-ethyl adjacent to an activating group) is 1. The fourth-order valence-electron chi connectivity index (χ4n) is 2.75. The predicted octanol–water partition coefficient (Wildman–Crippen LogP) is 5.87. The highest BCUT2D eigenvalue weighted by Gasteiger charge is 2.09. The Kier molecular flexibility index (Phi) is 7.61. The zero-order chi connectivity index (χ0) is 17.4. The van der Waals surface area contributed by atoms with E-state index in [0.29, 0.717) is 0 Å². The van der Waals surface area contributed by atoms with Crippen LogP contribution in [0.5, 0.6) is 0 Å². The summed E-state index contributed by atoms with van der Waals surface area (Å²) in [4.78, 5) is 1.36. The lowest BCUT2D eigenvalue weighted by atomic mass is 9.93.